The lowest BCUT2D eigenvalue weighted by Gasteiger charge is -2.11. The number of nitrogens with two attached hydrogens (primary N) is 1. The van der Waals surface area contributed by atoms with E-state index in [2.05, 4.69) is 9.47 Å². The summed E-state index contributed by atoms with van der Waals surface area (Å²) in [5.41, 5.74) is 5.17. The van der Waals surface area contributed by atoms with Crippen LogP contribution in [-0.2, 0) is 23.9 Å². The molecule has 0 aromatic heterocycles. The van der Waals surface area contributed by atoms with Gasteiger partial charge in [-0.1, -0.05) is 0 Å². The van der Waals surface area contributed by atoms with Gasteiger partial charge in [-0.25, -0.2) is 0 Å². The first-order valence-corrected chi connectivity index (χ1v) is 4.94. The predicted octanol–water partition coefficient (Wildman–Crippen LogP) is -0.353. The molecule has 16 heavy (non-hydrogen) atoms. The highest BCUT2D eigenvalue weighted by Crippen LogP contribution is 2.12. The molecule has 0 aliphatic rings. The molecule has 0 aromatic carbocycles. The topological polar surface area (TPSA) is 95.7 Å². The Hall–Kier alpha value is -1.43. The Morgan fingerprint density at radius 2 is 1.81 bits per heavy atom. The number of hydrogen-bond acceptors (Lipinski definition) is 6. The number of carbonyl (C=O) groups is 3. The Bertz CT molecular complexity index is 248. The van der Waals surface area contributed by atoms with Crippen molar-refractivity contribution in [1.29, 1.82) is 0 Å². The van der Waals surface area contributed by atoms with E-state index in [0.29, 0.717) is 6.42 Å². The monoisotopic (exact) mass is 231 g/mol. The summed E-state index contributed by atoms with van der Waals surface area (Å²) in [5.74, 6) is -2.24. The van der Waals surface area contributed by atoms with Crippen LogP contribution in [0.5, 0.6) is 0 Å². The van der Waals surface area contributed by atoms with Gasteiger partial charge >= 0.3 is 11.9 Å². The lowest BCUT2D eigenvalue weighted by molar-refractivity contribution is -0.150. The third-order valence-electron chi connectivity index (χ3n) is 2.18. The maximum atomic E-state index is 11.3. The molecule has 0 bridgehead atoms. The summed E-state index contributed by atoms with van der Waals surface area (Å²) in [7, 11) is 2.49. The molecular formula is C10H17NO5. The molecule has 0 aliphatic heterocycles. The van der Waals surface area contributed by atoms with Crippen LogP contribution in [0.15, 0.2) is 0 Å². The van der Waals surface area contributed by atoms with Crippen molar-refractivity contribution in [3.05, 3.63) is 0 Å². The first-order chi connectivity index (χ1) is 7.56. The minimum atomic E-state index is -0.875. The van der Waals surface area contributed by atoms with Crippen molar-refractivity contribution in [3.63, 3.8) is 0 Å². The van der Waals surface area contributed by atoms with Crippen LogP contribution in [0.1, 0.15) is 19.3 Å². The zero-order valence-corrected chi connectivity index (χ0v) is 9.52. The Balaban J connectivity index is 4.18. The number of ether oxygens (including phenoxy) is 2. The molecular weight excluding hydrogens is 214 g/mol. The molecule has 0 radical (unpaired) electrons. The molecule has 0 saturated carbocycles. The number of esters is 2. The molecule has 0 spiro atoms. The maximum Gasteiger partial charge on any atom is 0.316 e. The van der Waals surface area contributed by atoms with E-state index in [1.165, 1.54) is 14.2 Å². The number of Topliss-reactive ketones (excluding diaryl/α,β-unsaturated/α-hetero) is 1. The van der Waals surface area contributed by atoms with Crippen molar-refractivity contribution in [3.8, 4) is 0 Å². The molecule has 6 heteroatoms. The second-order valence-electron chi connectivity index (χ2n) is 3.21. The van der Waals surface area contributed by atoms with Gasteiger partial charge in [0.1, 0.15) is 5.92 Å². The number of methoxy groups -OCH3 is 2. The molecule has 0 aromatic rings. The highest BCUT2D eigenvalue weighted by molar-refractivity contribution is 5.99. The van der Waals surface area contributed by atoms with Crippen LogP contribution < -0.4 is 5.73 Å². The average Bonchev–Trinajstić information content (AvgIpc) is 2.32. The molecule has 0 saturated heterocycles. The van der Waals surface area contributed by atoms with Gasteiger partial charge in [0, 0.05) is 6.42 Å². The van der Waals surface area contributed by atoms with Crippen molar-refractivity contribution in [2.45, 2.75) is 19.3 Å². The fourth-order valence-corrected chi connectivity index (χ4v) is 1.25. The third-order valence-corrected chi connectivity index (χ3v) is 2.18. The van der Waals surface area contributed by atoms with Gasteiger partial charge in [-0.3, -0.25) is 14.4 Å². The van der Waals surface area contributed by atoms with Crippen LogP contribution >= 0.6 is 0 Å². The summed E-state index contributed by atoms with van der Waals surface area (Å²) < 4.78 is 8.93. The first kappa shape index (κ1) is 14.6. The van der Waals surface area contributed by atoms with Gasteiger partial charge in [0.15, 0.2) is 5.78 Å². The zero-order valence-electron chi connectivity index (χ0n) is 9.52. The summed E-state index contributed by atoms with van der Waals surface area (Å²) in [4.78, 5) is 33.4. The summed E-state index contributed by atoms with van der Waals surface area (Å²) in [5, 5.41) is 0. The van der Waals surface area contributed by atoms with E-state index in [4.69, 9.17) is 5.73 Å². The summed E-state index contributed by atoms with van der Waals surface area (Å²) >= 11 is 0. The van der Waals surface area contributed by atoms with Crippen molar-refractivity contribution in [2.24, 2.45) is 11.7 Å². The lowest BCUT2D eigenvalue weighted by atomic mass is 9.97. The van der Waals surface area contributed by atoms with Crippen LogP contribution in [-0.4, -0.2) is 38.5 Å². The van der Waals surface area contributed by atoms with Crippen LogP contribution in [0.25, 0.3) is 0 Å². The number of ketones is 1. The summed E-state index contributed by atoms with van der Waals surface area (Å²) in [6, 6.07) is 0. The maximum absolute atomic E-state index is 11.3. The Kier molecular flexibility index (Phi) is 7.11. The molecule has 6 nitrogen and oxygen atoms in total. The van der Waals surface area contributed by atoms with Gasteiger partial charge in [0.05, 0.1) is 20.8 Å². The van der Waals surface area contributed by atoms with Crippen LogP contribution in [0.3, 0.4) is 0 Å². The van der Waals surface area contributed by atoms with Gasteiger partial charge in [0.2, 0.25) is 0 Å². The van der Waals surface area contributed by atoms with Crippen molar-refractivity contribution in [1.82, 2.24) is 0 Å². The van der Waals surface area contributed by atoms with E-state index in [1.807, 2.05) is 0 Å². The van der Waals surface area contributed by atoms with Gasteiger partial charge in [-0.05, 0) is 12.8 Å². The van der Waals surface area contributed by atoms with E-state index < -0.39 is 11.9 Å². The molecule has 1 unspecified atom stereocenters. The lowest BCUT2D eigenvalue weighted by Crippen LogP contribution is -2.30. The van der Waals surface area contributed by atoms with Gasteiger partial charge in [-0.2, -0.15) is 0 Å². The van der Waals surface area contributed by atoms with Crippen LogP contribution in [0, 0.1) is 5.92 Å². The molecule has 92 valence electrons. The fourth-order valence-electron chi connectivity index (χ4n) is 1.25. The molecule has 0 aliphatic carbocycles. The fraction of sp³-hybridized carbons (Fsp3) is 0.700. The summed E-state index contributed by atoms with van der Waals surface area (Å²) in [6.45, 7) is -0.210. The normalized spacial score (nSPS) is 11.7. The molecule has 0 amide bonds. The van der Waals surface area contributed by atoms with E-state index in [-0.39, 0.29) is 31.1 Å². The zero-order chi connectivity index (χ0) is 12.6. The molecule has 0 heterocycles. The van der Waals surface area contributed by atoms with E-state index >= 15 is 0 Å². The molecule has 0 rings (SSSR count). The highest BCUT2D eigenvalue weighted by atomic mass is 16.5. The minimum Gasteiger partial charge on any atom is -0.469 e. The molecule has 1 atom stereocenters. The Labute approximate surface area is 94.1 Å². The SMILES string of the molecule is COC(=O)CCCC(C(=O)CN)C(=O)OC. The van der Waals surface area contributed by atoms with Crippen molar-refractivity contribution < 1.29 is 23.9 Å². The first-order valence-electron chi connectivity index (χ1n) is 4.94. The minimum absolute atomic E-state index is 0.168. The standard InChI is InChI=1S/C10H17NO5/c1-15-9(13)5-3-4-7(8(12)6-11)10(14)16-2/h7H,3-6,11H2,1-2H3. The quantitative estimate of drug-likeness (QED) is 0.475. The second-order valence-corrected chi connectivity index (χ2v) is 3.21. The highest BCUT2D eigenvalue weighted by Gasteiger charge is 2.25. The smallest absolute Gasteiger partial charge is 0.316 e. The Morgan fingerprint density at radius 3 is 2.25 bits per heavy atom. The number of hydrogen-bond donors (Lipinski definition) is 1. The number of carbonyl (C=O) groups excluding carboxylic acids is 3. The van der Waals surface area contributed by atoms with E-state index in [1.54, 1.807) is 0 Å². The Morgan fingerprint density at radius 1 is 1.19 bits per heavy atom. The summed E-state index contributed by atoms with van der Waals surface area (Å²) in [6.07, 6.45) is 0.803. The number of rotatable bonds is 7. The van der Waals surface area contributed by atoms with Crippen LogP contribution in [0.4, 0.5) is 0 Å². The van der Waals surface area contributed by atoms with Gasteiger partial charge in [-0.15, -0.1) is 0 Å². The van der Waals surface area contributed by atoms with Crippen molar-refractivity contribution in [2.75, 3.05) is 20.8 Å². The van der Waals surface area contributed by atoms with Gasteiger partial charge in [0.25, 0.3) is 0 Å². The molecule has 2 N–H and O–H groups in total. The predicted molar refractivity (Wildman–Crippen MR) is 55.4 cm³/mol. The average molecular weight is 231 g/mol. The second kappa shape index (κ2) is 7.81. The van der Waals surface area contributed by atoms with Gasteiger partial charge < -0.3 is 15.2 Å². The van der Waals surface area contributed by atoms with Crippen LogP contribution in [0.2, 0.25) is 0 Å². The van der Waals surface area contributed by atoms with E-state index in [0.717, 1.165) is 0 Å². The largest absolute Gasteiger partial charge is 0.469 e. The molecule has 0 fully saturated rings. The van der Waals surface area contributed by atoms with Crippen molar-refractivity contribution >= 4 is 17.7 Å². The third kappa shape index (κ3) is 4.88. The van der Waals surface area contributed by atoms with E-state index in [9.17, 15) is 14.4 Å².